The van der Waals surface area contributed by atoms with Crippen molar-refractivity contribution in [3.05, 3.63) is 104 Å². The van der Waals surface area contributed by atoms with Gasteiger partial charge in [-0.15, -0.1) is 22.7 Å². The van der Waals surface area contributed by atoms with Gasteiger partial charge in [-0.3, -0.25) is 19.2 Å². The standard InChI is InChI=1S/C32H34N6O4S2/c1-19(2)32(42)38-15-24(22-12-8-5-9-13-22)35-29(41)26-18-44-31(37-26)23(14-21-10-6-4-7-11-21)34-28(40)25-17-43-30(36-25)20(3)33-27(39)16-38/h4-13,17-20,23-24H,14-16H2,1-3H3,(H,33,39)(H,34,40)(H,35,41)/t20-,23+,24-/m0/s1. The van der Waals surface area contributed by atoms with Gasteiger partial charge in [0.25, 0.3) is 11.8 Å². The van der Waals surface area contributed by atoms with E-state index in [1.165, 1.54) is 27.6 Å². The SMILES string of the molecule is CC(C)C(=O)N1CC(=O)N[C@@H](C)c2nc(cs2)C(=O)N[C@H](Cc2ccccc2)c2nc(cs2)C(=O)N[C@H](c2ccccc2)C1. The smallest absolute Gasteiger partial charge is 0.271 e. The van der Waals surface area contributed by atoms with E-state index in [9.17, 15) is 19.2 Å². The lowest BCUT2D eigenvalue weighted by atomic mass is 10.0. The number of benzene rings is 2. The van der Waals surface area contributed by atoms with Crippen LogP contribution in [0.1, 0.15) is 81.0 Å². The summed E-state index contributed by atoms with van der Waals surface area (Å²) in [6.45, 7) is 5.21. The molecule has 0 saturated heterocycles. The van der Waals surface area contributed by atoms with E-state index in [4.69, 9.17) is 0 Å². The predicted octanol–water partition coefficient (Wildman–Crippen LogP) is 4.46. The Morgan fingerprint density at radius 2 is 1.45 bits per heavy atom. The minimum absolute atomic E-state index is 0.0830. The molecule has 0 aliphatic carbocycles. The zero-order valence-electron chi connectivity index (χ0n) is 24.7. The number of nitrogens with one attached hydrogen (secondary N) is 3. The lowest BCUT2D eigenvalue weighted by Gasteiger charge is -2.30. The molecular formula is C32H34N6O4S2. The zero-order valence-corrected chi connectivity index (χ0v) is 26.3. The minimum atomic E-state index is -0.609. The van der Waals surface area contributed by atoms with Gasteiger partial charge in [-0.05, 0) is 24.5 Å². The number of fused-ring (bicyclic) bond motifs is 4. The number of hydrogen-bond acceptors (Lipinski definition) is 8. The highest BCUT2D eigenvalue weighted by atomic mass is 32.1. The molecule has 0 saturated carbocycles. The number of thiazole rings is 2. The van der Waals surface area contributed by atoms with Crippen LogP contribution in [0.5, 0.6) is 0 Å². The Kier molecular flexibility index (Phi) is 9.81. The fourth-order valence-corrected chi connectivity index (χ4v) is 6.57. The van der Waals surface area contributed by atoms with Gasteiger partial charge in [0, 0.05) is 23.2 Å². The van der Waals surface area contributed by atoms with Crippen molar-refractivity contribution in [1.82, 2.24) is 30.8 Å². The Labute approximate surface area is 263 Å². The Bertz CT molecular complexity index is 1620. The first-order valence-corrected chi connectivity index (χ1v) is 16.1. The zero-order chi connectivity index (χ0) is 31.2. The summed E-state index contributed by atoms with van der Waals surface area (Å²) in [6, 6.07) is 17.4. The van der Waals surface area contributed by atoms with Gasteiger partial charge in [-0.1, -0.05) is 74.5 Å². The lowest BCUT2D eigenvalue weighted by Crippen LogP contribution is -2.47. The van der Waals surface area contributed by atoms with E-state index in [0.717, 1.165) is 11.1 Å². The fourth-order valence-electron chi connectivity index (χ4n) is 4.92. The number of carbonyl (C=O) groups is 4. The number of carbonyl (C=O) groups excluding carboxylic acids is 4. The predicted molar refractivity (Wildman–Crippen MR) is 169 cm³/mol. The molecule has 44 heavy (non-hydrogen) atoms. The molecule has 1 aliphatic rings. The van der Waals surface area contributed by atoms with Crippen molar-refractivity contribution < 1.29 is 19.2 Å². The van der Waals surface area contributed by atoms with Crippen LogP contribution in [-0.4, -0.2) is 51.6 Å². The van der Waals surface area contributed by atoms with E-state index < -0.39 is 24.0 Å². The van der Waals surface area contributed by atoms with Crippen LogP contribution in [0, 0.1) is 5.92 Å². The van der Waals surface area contributed by atoms with Crippen LogP contribution in [-0.2, 0) is 16.0 Å². The van der Waals surface area contributed by atoms with E-state index >= 15 is 0 Å². The van der Waals surface area contributed by atoms with Crippen molar-refractivity contribution in [2.24, 2.45) is 5.92 Å². The van der Waals surface area contributed by atoms with Crippen molar-refractivity contribution in [1.29, 1.82) is 0 Å². The molecule has 0 fully saturated rings. The fraction of sp³-hybridized carbons (Fsp3) is 0.312. The van der Waals surface area contributed by atoms with Crippen LogP contribution in [0.4, 0.5) is 0 Å². The third-order valence-corrected chi connectivity index (χ3v) is 9.18. The molecule has 2 aromatic carbocycles. The van der Waals surface area contributed by atoms with Crippen molar-refractivity contribution in [3.8, 4) is 0 Å². The first-order valence-electron chi connectivity index (χ1n) is 14.4. The molecule has 3 atom stereocenters. The van der Waals surface area contributed by atoms with E-state index in [2.05, 4.69) is 25.9 Å². The van der Waals surface area contributed by atoms with Crippen LogP contribution in [0.3, 0.4) is 0 Å². The Morgan fingerprint density at radius 3 is 2.11 bits per heavy atom. The summed E-state index contributed by atoms with van der Waals surface area (Å²) < 4.78 is 0. The summed E-state index contributed by atoms with van der Waals surface area (Å²) in [4.78, 5) is 64.1. The first kappa shape index (κ1) is 31.0. The minimum Gasteiger partial charge on any atom is -0.346 e. The van der Waals surface area contributed by atoms with E-state index in [0.29, 0.717) is 16.4 Å². The second-order valence-corrected chi connectivity index (χ2v) is 12.7. The van der Waals surface area contributed by atoms with Gasteiger partial charge in [0.2, 0.25) is 11.8 Å². The molecule has 12 heteroatoms. The first-order chi connectivity index (χ1) is 21.2. The summed E-state index contributed by atoms with van der Waals surface area (Å²) >= 11 is 2.56. The number of hydrogen-bond donors (Lipinski definition) is 3. The highest BCUT2D eigenvalue weighted by Gasteiger charge is 2.29. The maximum absolute atomic E-state index is 13.6. The molecule has 4 amide bonds. The normalized spacial score (nSPS) is 19.9. The second-order valence-electron chi connectivity index (χ2n) is 11.0. The maximum atomic E-state index is 13.6. The second kappa shape index (κ2) is 13.9. The molecule has 10 nitrogen and oxygen atoms in total. The summed E-state index contributed by atoms with van der Waals surface area (Å²) in [5.74, 6) is -1.77. The topological polar surface area (TPSA) is 133 Å². The monoisotopic (exact) mass is 630 g/mol. The molecule has 4 bridgehead atoms. The van der Waals surface area contributed by atoms with Crippen molar-refractivity contribution >= 4 is 46.3 Å². The van der Waals surface area contributed by atoms with Gasteiger partial charge >= 0.3 is 0 Å². The third kappa shape index (κ3) is 7.56. The molecule has 0 radical (unpaired) electrons. The number of aromatic nitrogens is 2. The van der Waals surface area contributed by atoms with Crippen molar-refractivity contribution in [2.45, 2.75) is 45.3 Å². The molecule has 4 aromatic rings. The summed E-state index contributed by atoms with van der Waals surface area (Å²) in [6.07, 6.45) is 0.462. The van der Waals surface area contributed by atoms with Gasteiger partial charge in [0.05, 0.1) is 24.7 Å². The Hall–Kier alpha value is -4.42. The molecular weight excluding hydrogens is 597 g/mol. The molecule has 1 aliphatic heterocycles. The molecule has 228 valence electrons. The molecule has 0 unspecified atom stereocenters. The Morgan fingerprint density at radius 1 is 0.864 bits per heavy atom. The average molecular weight is 631 g/mol. The highest BCUT2D eigenvalue weighted by Crippen LogP contribution is 2.25. The van der Waals surface area contributed by atoms with Gasteiger partial charge in [-0.25, -0.2) is 9.97 Å². The third-order valence-electron chi connectivity index (χ3n) is 7.19. The van der Waals surface area contributed by atoms with Crippen LogP contribution in [0.2, 0.25) is 0 Å². The summed E-state index contributed by atoms with van der Waals surface area (Å²) in [5.41, 5.74) is 2.20. The van der Waals surface area contributed by atoms with Gasteiger partial charge in [0.1, 0.15) is 21.4 Å². The van der Waals surface area contributed by atoms with Crippen LogP contribution in [0.15, 0.2) is 71.4 Å². The summed E-state index contributed by atoms with van der Waals surface area (Å²) in [7, 11) is 0. The number of rotatable bonds is 4. The van der Waals surface area contributed by atoms with Gasteiger partial charge in [0.15, 0.2) is 0 Å². The van der Waals surface area contributed by atoms with Crippen molar-refractivity contribution in [3.63, 3.8) is 0 Å². The maximum Gasteiger partial charge on any atom is 0.271 e. The number of nitrogens with zero attached hydrogens (tertiary/aromatic N) is 3. The largest absolute Gasteiger partial charge is 0.346 e. The van der Waals surface area contributed by atoms with E-state index in [-0.39, 0.29) is 48.1 Å². The van der Waals surface area contributed by atoms with Crippen LogP contribution < -0.4 is 16.0 Å². The quantitative estimate of drug-likeness (QED) is 0.305. The van der Waals surface area contributed by atoms with Gasteiger partial charge in [-0.2, -0.15) is 0 Å². The van der Waals surface area contributed by atoms with Crippen LogP contribution >= 0.6 is 22.7 Å². The average Bonchev–Trinajstić information content (AvgIpc) is 3.71. The number of amides is 4. The molecule has 3 heterocycles. The van der Waals surface area contributed by atoms with E-state index in [1.54, 1.807) is 31.5 Å². The highest BCUT2D eigenvalue weighted by molar-refractivity contribution is 7.10. The van der Waals surface area contributed by atoms with E-state index in [1.807, 2.05) is 60.7 Å². The lowest BCUT2D eigenvalue weighted by molar-refractivity contribution is -0.139. The van der Waals surface area contributed by atoms with Crippen molar-refractivity contribution in [2.75, 3.05) is 13.1 Å². The molecule has 2 aromatic heterocycles. The van der Waals surface area contributed by atoms with Crippen LogP contribution in [0.25, 0.3) is 0 Å². The molecule has 5 rings (SSSR count). The summed E-state index contributed by atoms with van der Waals surface area (Å²) in [5, 5.41) is 13.5. The molecule has 0 spiro atoms. The molecule has 3 N–H and O–H groups in total. The van der Waals surface area contributed by atoms with Gasteiger partial charge < -0.3 is 20.9 Å². The Balaban J connectivity index is 1.53.